The van der Waals surface area contributed by atoms with E-state index >= 15 is 0 Å². The van der Waals surface area contributed by atoms with E-state index in [-0.39, 0.29) is 6.61 Å². The van der Waals surface area contributed by atoms with Gasteiger partial charge in [0.25, 0.3) is 0 Å². The molecule has 76 valence electrons. The molecule has 0 aliphatic rings. The van der Waals surface area contributed by atoms with Crippen LogP contribution in [0.2, 0.25) is 10.0 Å². The summed E-state index contributed by atoms with van der Waals surface area (Å²) in [6.07, 6.45) is 0. The molecule has 0 saturated heterocycles. The Kier molecular flexibility index (Phi) is 4.20. The first-order chi connectivity index (χ1) is 6.61. The number of ketones is 1. The highest BCUT2D eigenvalue weighted by molar-refractivity contribution is 6.34. The third-order valence-corrected chi connectivity index (χ3v) is 1.85. The zero-order valence-corrected chi connectivity index (χ0v) is 8.68. The Balaban J connectivity index is 2.63. The molecule has 1 rings (SSSR count). The molecule has 1 N–H and O–H groups in total. The van der Waals surface area contributed by atoms with Crippen LogP contribution >= 0.6 is 23.2 Å². The summed E-state index contributed by atoms with van der Waals surface area (Å²) in [7, 11) is 0. The van der Waals surface area contributed by atoms with Crippen molar-refractivity contribution in [1.82, 2.24) is 0 Å². The van der Waals surface area contributed by atoms with Crippen molar-refractivity contribution in [2.45, 2.75) is 0 Å². The number of ether oxygens (including phenoxy) is 1. The summed E-state index contributed by atoms with van der Waals surface area (Å²) in [5.41, 5.74) is 0. The van der Waals surface area contributed by atoms with Gasteiger partial charge in [-0.25, -0.2) is 0 Å². The number of halogens is 2. The smallest absolute Gasteiger partial charge is 0.195 e. The normalized spacial score (nSPS) is 9.93. The number of hydrogen-bond acceptors (Lipinski definition) is 3. The van der Waals surface area contributed by atoms with Gasteiger partial charge < -0.3 is 9.84 Å². The minimum atomic E-state index is -0.533. The number of Topliss-reactive ketones (excluding diaryl/α,β-unsaturated/α-hetero) is 1. The van der Waals surface area contributed by atoms with Crippen LogP contribution in [0, 0.1) is 0 Å². The summed E-state index contributed by atoms with van der Waals surface area (Å²) in [4.78, 5) is 10.7. The molecule has 0 saturated carbocycles. The SMILES string of the molecule is O=C(CO)COc1cc(Cl)cc(Cl)c1. The van der Waals surface area contributed by atoms with Crippen molar-refractivity contribution in [3.05, 3.63) is 28.2 Å². The summed E-state index contributed by atoms with van der Waals surface area (Å²) in [6, 6.07) is 4.64. The van der Waals surface area contributed by atoms with Crippen molar-refractivity contribution in [3.63, 3.8) is 0 Å². The third-order valence-electron chi connectivity index (χ3n) is 1.41. The molecule has 0 aliphatic carbocycles. The lowest BCUT2D eigenvalue weighted by Gasteiger charge is -2.04. The van der Waals surface area contributed by atoms with E-state index in [1.165, 1.54) is 12.1 Å². The van der Waals surface area contributed by atoms with Gasteiger partial charge in [-0.05, 0) is 18.2 Å². The highest BCUT2D eigenvalue weighted by Gasteiger charge is 2.02. The molecule has 0 aliphatic heterocycles. The standard InChI is InChI=1S/C9H8Cl2O3/c10-6-1-7(11)3-9(2-6)14-5-8(13)4-12/h1-3,12H,4-5H2. The van der Waals surface area contributed by atoms with Gasteiger partial charge in [0.05, 0.1) is 0 Å². The number of benzene rings is 1. The molecule has 3 nitrogen and oxygen atoms in total. The maximum absolute atomic E-state index is 10.7. The molecular formula is C9H8Cl2O3. The molecule has 0 unspecified atom stereocenters. The van der Waals surface area contributed by atoms with Crippen molar-refractivity contribution >= 4 is 29.0 Å². The topological polar surface area (TPSA) is 46.5 Å². The van der Waals surface area contributed by atoms with Crippen LogP contribution < -0.4 is 4.74 Å². The molecule has 0 radical (unpaired) electrons. The van der Waals surface area contributed by atoms with Gasteiger partial charge in [-0.2, -0.15) is 0 Å². The van der Waals surface area contributed by atoms with Crippen LogP contribution in [0.1, 0.15) is 0 Å². The van der Waals surface area contributed by atoms with Crippen LogP contribution in [0.15, 0.2) is 18.2 Å². The first-order valence-corrected chi connectivity index (χ1v) is 4.59. The Bertz CT molecular complexity index is 319. The van der Waals surface area contributed by atoms with Gasteiger partial charge in [-0.15, -0.1) is 0 Å². The van der Waals surface area contributed by atoms with E-state index in [1.54, 1.807) is 6.07 Å². The number of carbonyl (C=O) groups excluding carboxylic acids is 1. The lowest BCUT2D eigenvalue weighted by molar-refractivity contribution is -0.123. The van der Waals surface area contributed by atoms with Crippen LogP contribution in [0.5, 0.6) is 5.75 Å². The van der Waals surface area contributed by atoms with Crippen LogP contribution in [0.4, 0.5) is 0 Å². The molecule has 1 aromatic rings. The fourth-order valence-electron chi connectivity index (χ4n) is 0.821. The molecule has 0 heterocycles. The second-order valence-corrected chi connectivity index (χ2v) is 3.46. The predicted molar refractivity (Wildman–Crippen MR) is 54.0 cm³/mol. The van der Waals surface area contributed by atoms with Gasteiger partial charge in [0.15, 0.2) is 5.78 Å². The minimum Gasteiger partial charge on any atom is -0.486 e. The van der Waals surface area contributed by atoms with Gasteiger partial charge in [-0.3, -0.25) is 4.79 Å². The summed E-state index contributed by atoms with van der Waals surface area (Å²) < 4.78 is 5.04. The van der Waals surface area contributed by atoms with Crippen LogP contribution in [0.25, 0.3) is 0 Å². The molecule has 5 heteroatoms. The van der Waals surface area contributed by atoms with Crippen molar-refractivity contribution in [3.8, 4) is 5.75 Å². The molecule has 0 atom stereocenters. The zero-order valence-electron chi connectivity index (χ0n) is 7.17. The van der Waals surface area contributed by atoms with Gasteiger partial charge >= 0.3 is 0 Å². The highest BCUT2D eigenvalue weighted by Crippen LogP contribution is 2.23. The van der Waals surface area contributed by atoms with Gasteiger partial charge in [-0.1, -0.05) is 23.2 Å². The number of hydrogen-bond donors (Lipinski definition) is 1. The fraction of sp³-hybridized carbons (Fsp3) is 0.222. The minimum absolute atomic E-state index is 0.187. The van der Waals surface area contributed by atoms with Gasteiger partial charge in [0.2, 0.25) is 0 Å². The summed E-state index contributed by atoms with van der Waals surface area (Å²) in [6.45, 7) is -0.721. The van der Waals surface area contributed by atoms with Crippen molar-refractivity contribution in [1.29, 1.82) is 0 Å². The molecule has 1 aromatic carbocycles. The Morgan fingerprint density at radius 2 is 1.86 bits per heavy atom. The maximum atomic E-state index is 10.7. The van der Waals surface area contributed by atoms with Crippen molar-refractivity contribution in [2.24, 2.45) is 0 Å². The average Bonchev–Trinajstić information content (AvgIpc) is 2.12. The first kappa shape index (κ1) is 11.3. The Labute approximate surface area is 91.2 Å². The largest absolute Gasteiger partial charge is 0.486 e. The number of rotatable bonds is 4. The van der Waals surface area contributed by atoms with E-state index in [1.807, 2.05) is 0 Å². The molecule has 0 bridgehead atoms. The second kappa shape index (κ2) is 5.20. The van der Waals surface area contributed by atoms with E-state index in [0.29, 0.717) is 15.8 Å². The third kappa shape index (κ3) is 3.54. The lowest BCUT2D eigenvalue weighted by Crippen LogP contribution is -2.14. The average molecular weight is 235 g/mol. The molecule has 14 heavy (non-hydrogen) atoms. The second-order valence-electron chi connectivity index (χ2n) is 2.59. The van der Waals surface area contributed by atoms with Crippen molar-refractivity contribution in [2.75, 3.05) is 13.2 Å². The predicted octanol–water partition coefficient (Wildman–Crippen LogP) is 1.93. The summed E-state index contributed by atoms with van der Waals surface area (Å²) in [5.74, 6) is 0.00500. The Morgan fingerprint density at radius 3 is 2.36 bits per heavy atom. The summed E-state index contributed by atoms with van der Waals surface area (Å²) in [5, 5.41) is 9.31. The van der Waals surface area contributed by atoms with E-state index in [9.17, 15) is 4.79 Å². The maximum Gasteiger partial charge on any atom is 0.195 e. The molecular weight excluding hydrogens is 227 g/mol. The van der Waals surface area contributed by atoms with Crippen LogP contribution in [-0.4, -0.2) is 24.1 Å². The van der Waals surface area contributed by atoms with E-state index in [2.05, 4.69) is 0 Å². The summed E-state index contributed by atoms with van der Waals surface area (Å²) >= 11 is 11.4. The van der Waals surface area contributed by atoms with Crippen LogP contribution in [0.3, 0.4) is 0 Å². The number of aliphatic hydroxyl groups excluding tert-OH is 1. The number of aliphatic hydroxyl groups is 1. The Morgan fingerprint density at radius 1 is 1.29 bits per heavy atom. The zero-order chi connectivity index (χ0) is 10.6. The molecule has 0 amide bonds. The number of carbonyl (C=O) groups is 1. The first-order valence-electron chi connectivity index (χ1n) is 3.83. The fourth-order valence-corrected chi connectivity index (χ4v) is 1.33. The van der Waals surface area contributed by atoms with E-state index < -0.39 is 12.4 Å². The quantitative estimate of drug-likeness (QED) is 0.867. The highest BCUT2D eigenvalue weighted by atomic mass is 35.5. The monoisotopic (exact) mass is 234 g/mol. The lowest BCUT2D eigenvalue weighted by atomic mass is 10.3. The molecule has 0 aromatic heterocycles. The van der Waals surface area contributed by atoms with E-state index in [4.69, 9.17) is 33.0 Å². The van der Waals surface area contributed by atoms with Gasteiger partial charge in [0.1, 0.15) is 19.0 Å². The van der Waals surface area contributed by atoms with Crippen molar-refractivity contribution < 1.29 is 14.6 Å². The molecule has 0 spiro atoms. The van der Waals surface area contributed by atoms with Crippen LogP contribution in [-0.2, 0) is 4.79 Å². The van der Waals surface area contributed by atoms with Gasteiger partial charge in [0, 0.05) is 10.0 Å². The Hall–Kier alpha value is -0.770. The molecule has 0 fully saturated rings. The van der Waals surface area contributed by atoms with E-state index in [0.717, 1.165) is 0 Å².